The van der Waals surface area contributed by atoms with Crippen LogP contribution in [0.15, 0.2) is 0 Å². The van der Waals surface area contributed by atoms with Crippen LogP contribution in [0.2, 0.25) is 39.3 Å². The SMILES string of the molecule is COC(=O)OC.COC(=O)OC[Si](C)(C)C.C[Si](C)(C)CO. The molecule has 0 saturated carbocycles. The van der Waals surface area contributed by atoms with Crippen LogP contribution in [0.1, 0.15) is 0 Å². The van der Waals surface area contributed by atoms with E-state index in [0.29, 0.717) is 12.5 Å². The van der Waals surface area contributed by atoms with Gasteiger partial charge in [-0.15, -0.1) is 0 Å². The molecule has 0 radical (unpaired) electrons. The number of aliphatic hydroxyl groups is 1. The lowest BCUT2D eigenvalue weighted by Crippen LogP contribution is -2.29. The van der Waals surface area contributed by atoms with Crippen molar-refractivity contribution in [3.63, 3.8) is 0 Å². The van der Waals surface area contributed by atoms with Crippen molar-refractivity contribution in [1.29, 1.82) is 0 Å². The molecule has 0 aromatic rings. The third-order valence-corrected chi connectivity index (χ3v) is 3.56. The topological polar surface area (TPSA) is 91.3 Å². The summed E-state index contributed by atoms with van der Waals surface area (Å²) < 4.78 is 17.1. The van der Waals surface area contributed by atoms with Crippen LogP contribution < -0.4 is 0 Å². The Morgan fingerprint density at radius 3 is 1.23 bits per heavy atom. The number of rotatable bonds is 3. The quantitative estimate of drug-likeness (QED) is 0.614. The van der Waals surface area contributed by atoms with Gasteiger partial charge < -0.3 is 24.1 Å². The molecule has 0 aromatic carbocycles. The van der Waals surface area contributed by atoms with Crippen LogP contribution in [-0.4, -0.2) is 67.4 Å². The summed E-state index contributed by atoms with van der Waals surface area (Å²) in [5.41, 5.74) is 0. The maximum absolute atomic E-state index is 10.4. The van der Waals surface area contributed by atoms with Gasteiger partial charge in [-0.3, -0.25) is 0 Å². The van der Waals surface area contributed by atoms with E-state index in [1.807, 2.05) is 0 Å². The van der Waals surface area contributed by atoms with Gasteiger partial charge in [0.05, 0.1) is 43.7 Å². The van der Waals surface area contributed by atoms with E-state index in [4.69, 9.17) is 9.84 Å². The molecule has 0 heterocycles. The molecule has 7 nitrogen and oxygen atoms in total. The maximum Gasteiger partial charge on any atom is 0.507 e. The Morgan fingerprint density at radius 1 is 0.773 bits per heavy atom. The van der Waals surface area contributed by atoms with Crippen LogP contribution in [0.25, 0.3) is 0 Å². The van der Waals surface area contributed by atoms with Crippen LogP contribution in [0.5, 0.6) is 0 Å². The zero-order valence-corrected chi connectivity index (χ0v) is 17.3. The molecule has 0 aliphatic carbocycles. The number of carbonyl (C=O) groups excluding carboxylic acids is 2. The monoisotopic (exact) mass is 356 g/mol. The Balaban J connectivity index is -0.000000261. The highest BCUT2D eigenvalue weighted by Gasteiger charge is 2.15. The number of hydrogen-bond acceptors (Lipinski definition) is 7. The van der Waals surface area contributed by atoms with Crippen molar-refractivity contribution in [2.45, 2.75) is 39.3 Å². The van der Waals surface area contributed by atoms with Gasteiger partial charge in [-0.05, 0) is 0 Å². The van der Waals surface area contributed by atoms with Crippen LogP contribution in [0, 0.1) is 0 Å². The highest BCUT2D eigenvalue weighted by molar-refractivity contribution is 6.76. The summed E-state index contributed by atoms with van der Waals surface area (Å²) in [4.78, 5) is 20.2. The van der Waals surface area contributed by atoms with Crippen molar-refractivity contribution in [3.05, 3.63) is 0 Å². The first-order chi connectivity index (χ1) is 9.82. The van der Waals surface area contributed by atoms with Crippen LogP contribution in [-0.2, 0) is 18.9 Å². The van der Waals surface area contributed by atoms with Gasteiger partial charge in [0.2, 0.25) is 0 Å². The molecule has 0 spiro atoms. The minimum Gasteiger partial charge on any atom is -0.438 e. The van der Waals surface area contributed by atoms with Gasteiger partial charge in [0.1, 0.15) is 0 Å². The maximum atomic E-state index is 10.4. The highest BCUT2D eigenvalue weighted by atomic mass is 28.3. The molecule has 22 heavy (non-hydrogen) atoms. The van der Waals surface area contributed by atoms with Crippen molar-refractivity contribution in [2.24, 2.45) is 0 Å². The largest absolute Gasteiger partial charge is 0.507 e. The molecule has 0 aliphatic rings. The number of carbonyl (C=O) groups is 2. The highest BCUT2D eigenvalue weighted by Crippen LogP contribution is 2.00. The third kappa shape index (κ3) is 31.4. The summed E-state index contributed by atoms with van der Waals surface area (Å²) in [5.74, 6) is 0. The zero-order valence-electron chi connectivity index (χ0n) is 15.3. The average Bonchev–Trinajstić information content (AvgIpc) is 2.43. The van der Waals surface area contributed by atoms with Gasteiger partial charge in [-0.25, -0.2) is 9.59 Å². The van der Waals surface area contributed by atoms with Gasteiger partial charge in [-0.1, -0.05) is 39.3 Å². The van der Waals surface area contributed by atoms with Crippen molar-refractivity contribution in [2.75, 3.05) is 33.8 Å². The van der Waals surface area contributed by atoms with Gasteiger partial charge in [0.15, 0.2) is 0 Å². The molecule has 0 rings (SSSR count). The molecule has 0 bridgehead atoms. The van der Waals surface area contributed by atoms with Crippen LogP contribution in [0.4, 0.5) is 9.59 Å². The van der Waals surface area contributed by atoms with E-state index in [9.17, 15) is 9.59 Å². The molecule has 0 aromatic heterocycles. The summed E-state index contributed by atoms with van der Waals surface area (Å²) in [7, 11) is 1.49. The summed E-state index contributed by atoms with van der Waals surface area (Å²) in [6.07, 6.45) is -0.301. The molecule has 134 valence electrons. The molecule has 0 aliphatic heterocycles. The van der Waals surface area contributed by atoms with E-state index in [-0.39, 0.29) is 0 Å². The fraction of sp³-hybridized carbons (Fsp3) is 0.846. The molecule has 0 fully saturated rings. The minimum atomic E-state index is -1.26. The summed E-state index contributed by atoms with van der Waals surface area (Å²) >= 11 is 0. The van der Waals surface area contributed by atoms with Gasteiger partial charge >= 0.3 is 12.3 Å². The fourth-order valence-electron chi connectivity index (χ4n) is 0.418. The Bertz CT molecular complexity index is 290. The Labute approximate surface area is 135 Å². The van der Waals surface area contributed by atoms with Crippen molar-refractivity contribution < 1.29 is 33.6 Å². The van der Waals surface area contributed by atoms with Gasteiger partial charge in [0.25, 0.3) is 0 Å². The number of methoxy groups -OCH3 is 3. The minimum absolute atomic E-state index is 0.410. The lowest BCUT2D eigenvalue weighted by Gasteiger charge is -2.14. The lowest BCUT2D eigenvalue weighted by molar-refractivity contribution is 0.0849. The van der Waals surface area contributed by atoms with E-state index >= 15 is 0 Å². The number of ether oxygens (including phenoxy) is 4. The second-order valence-corrected chi connectivity index (χ2v) is 17.5. The first-order valence-corrected chi connectivity index (χ1v) is 14.2. The van der Waals surface area contributed by atoms with Crippen LogP contribution in [0.3, 0.4) is 0 Å². The average molecular weight is 357 g/mol. The third-order valence-electron chi connectivity index (χ3n) is 1.60. The zero-order chi connectivity index (χ0) is 18.4. The standard InChI is InChI=1S/C6H14O3Si.C4H12OSi.C3H6O3/c1-8-6(7)9-5-10(2,3)4;1-6(2,3)4-5;1-5-3(4)6-2/h5H2,1-4H3;5H,4H2,1-3H3;1-2H3. The molecule has 1 N–H and O–H groups in total. The van der Waals surface area contributed by atoms with Gasteiger partial charge in [-0.2, -0.15) is 0 Å². The van der Waals surface area contributed by atoms with E-state index in [1.165, 1.54) is 21.3 Å². The first-order valence-electron chi connectivity index (χ1n) is 6.76. The van der Waals surface area contributed by atoms with E-state index in [0.717, 1.165) is 0 Å². The summed E-state index contributed by atoms with van der Waals surface area (Å²) in [6, 6.07) is 0. The summed E-state index contributed by atoms with van der Waals surface area (Å²) in [6.45, 7) is 12.8. The molecule has 0 saturated heterocycles. The number of aliphatic hydroxyl groups excluding tert-OH is 1. The molecular formula is C13H32O7Si2. The normalized spacial score (nSPS) is 10.1. The Hall–Kier alpha value is -1.07. The predicted octanol–water partition coefficient (Wildman–Crippen LogP) is 2.90. The molecule has 0 amide bonds. The van der Waals surface area contributed by atoms with Crippen LogP contribution >= 0.6 is 0 Å². The smallest absolute Gasteiger partial charge is 0.438 e. The predicted molar refractivity (Wildman–Crippen MR) is 91.5 cm³/mol. The first kappa shape index (κ1) is 25.9. The Morgan fingerprint density at radius 2 is 1.09 bits per heavy atom. The van der Waals surface area contributed by atoms with E-state index in [2.05, 4.69) is 53.5 Å². The van der Waals surface area contributed by atoms with Gasteiger partial charge in [0, 0.05) is 6.23 Å². The lowest BCUT2D eigenvalue weighted by atomic mass is 11.3. The fourth-order valence-corrected chi connectivity index (χ4v) is 0.969. The Kier molecular flexibility index (Phi) is 16.0. The second kappa shape index (κ2) is 13.6. The molecular weight excluding hydrogens is 324 g/mol. The number of hydrogen-bond donors (Lipinski definition) is 1. The van der Waals surface area contributed by atoms with Crippen molar-refractivity contribution in [1.82, 2.24) is 0 Å². The summed E-state index contributed by atoms with van der Waals surface area (Å²) in [5, 5.41) is 8.46. The van der Waals surface area contributed by atoms with Crippen molar-refractivity contribution in [3.8, 4) is 0 Å². The van der Waals surface area contributed by atoms with E-state index < -0.39 is 28.5 Å². The molecule has 0 atom stereocenters. The molecule has 0 unspecified atom stereocenters. The van der Waals surface area contributed by atoms with Crippen molar-refractivity contribution >= 4 is 28.5 Å². The molecule has 9 heteroatoms. The second-order valence-electron chi connectivity index (χ2n) is 6.68. The van der Waals surface area contributed by atoms with E-state index in [1.54, 1.807) is 0 Å².